The van der Waals surface area contributed by atoms with Crippen molar-refractivity contribution in [1.29, 1.82) is 0 Å². The quantitative estimate of drug-likeness (QED) is 0.539. The Balaban J connectivity index is 1.48. The highest BCUT2D eigenvalue weighted by atomic mass is 19.3. The van der Waals surface area contributed by atoms with E-state index in [1.807, 2.05) is 18.2 Å². The van der Waals surface area contributed by atoms with Gasteiger partial charge in [-0.05, 0) is 25.1 Å². The van der Waals surface area contributed by atoms with Gasteiger partial charge in [-0.3, -0.25) is 14.7 Å². The second-order valence-electron chi connectivity index (χ2n) is 7.66. The van der Waals surface area contributed by atoms with Crippen molar-refractivity contribution in [3.05, 3.63) is 53.1 Å². The largest absolute Gasteiger partial charge is 0.339 e. The van der Waals surface area contributed by atoms with Gasteiger partial charge in [0.2, 0.25) is 5.91 Å². The van der Waals surface area contributed by atoms with Gasteiger partial charge >= 0.3 is 0 Å². The number of nitrogens with zero attached hydrogens (tertiary/aromatic N) is 6. The minimum atomic E-state index is -3.01. The molecule has 0 radical (unpaired) electrons. The van der Waals surface area contributed by atoms with Crippen LogP contribution in [0, 0.1) is 6.92 Å². The van der Waals surface area contributed by atoms with E-state index in [2.05, 4.69) is 20.0 Å². The zero-order valence-corrected chi connectivity index (χ0v) is 17.4. The summed E-state index contributed by atoms with van der Waals surface area (Å²) >= 11 is 0. The lowest BCUT2D eigenvalue weighted by atomic mass is 10.1. The first kappa shape index (κ1) is 22.1. The van der Waals surface area contributed by atoms with Crippen LogP contribution in [0.1, 0.15) is 35.5 Å². The third-order valence-electron chi connectivity index (χ3n) is 5.51. The van der Waals surface area contributed by atoms with Crippen LogP contribution in [0.2, 0.25) is 0 Å². The number of amides is 1. The number of piperazine rings is 1. The van der Waals surface area contributed by atoms with Crippen molar-refractivity contribution in [2.45, 2.75) is 32.9 Å². The van der Waals surface area contributed by atoms with Crippen LogP contribution in [-0.2, 0) is 17.9 Å². The molecule has 11 heteroatoms. The van der Waals surface area contributed by atoms with Crippen LogP contribution in [0.15, 0.2) is 30.5 Å². The van der Waals surface area contributed by atoms with Crippen molar-refractivity contribution in [2.24, 2.45) is 0 Å². The van der Waals surface area contributed by atoms with E-state index in [4.69, 9.17) is 0 Å². The standard InChI is InChI=1S/C21H22F4N6O/c1-13-18-15(19(22)23)10-16(20(24)25)27-21(18)31(28-13)12-17(32)30-8-6-29(7-9-30)11-14-4-2-3-5-26-14/h2-5,10,19-20H,6-9,11-12H2,1H3. The van der Waals surface area contributed by atoms with Gasteiger partial charge in [0.15, 0.2) is 5.65 Å². The van der Waals surface area contributed by atoms with E-state index < -0.39 is 24.1 Å². The van der Waals surface area contributed by atoms with Gasteiger partial charge in [-0.15, -0.1) is 0 Å². The van der Waals surface area contributed by atoms with Crippen LogP contribution >= 0.6 is 0 Å². The van der Waals surface area contributed by atoms with E-state index in [1.165, 1.54) is 6.92 Å². The van der Waals surface area contributed by atoms with E-state index in [0.29, 0.717) is 38.8 Å². The van der Waals surface area contributed by atoms with E-state index >= 15 is 0 Å². The molecule has 1 fully saturated rings. The molecule has 1 saturated heterocycles. The van der Waals surface area contributed by atoms with Crippen molar-refractivity contribution in [3.8, 4) is 0 Å². The normalized spacial score (nSPS) is 15.3. The van der Waals surface area contributed by atoms with Gasteiger partial charge < -0.3 is 4.90 Å². The lowest BCUT2D eigenvalue weighted by Gasteiger charge is -2.34. The molecule has 4 heterocycles. The summed E-state index contributed by atoms with van der Waals surface area (Å²) in [5, 5.41) is 4.16. The Kier molecular flexibility index (Phi) is 6.35. The number of hydrogen-bond acceptors (Lipinski definition) is 5. The molecule has 32 heavy (non-hydrogen) atoms. The first-order valence-electron chi connectivity index (χ1n) is 10.2. The molecule has 0 atom stereocenters. The molecule has 0 unspecified atom stereocenters. The molecule has 3 aromatic heterocycles. The number of halogens is 4. The van der Waals surface area contributed by atoms with Crippen LogP contribution < -0.4 is 0 Å². The Hall–Kier alpha value is -3.08. The molecule has 3 aromatic rings. The molecule has 0 saturated carbocycles. The zero-order chi connectivity index (χ0) is 22.8. The maximum absolute atomic E-state index is 13.5. The number of fused-ring (bicyclic) bond motifs is 1. The molecule has 7 nitrogen and oxygen atoms in total. The van der Waals surface area contributed by atoms with Gasteiger partial charge in [-0.2, -0.15) is 5.10 Å². The first-order valence-corrected chi connectivity index (χ1v) is 10.2. The predicted molar refractivity (Wildman–Crippen MR) is 108 cm³/mol. The maximum Gasteiger partial charge on any atom is 0.280 e. The van der Waals surface area contributed by atoms with Crippen LogP contribution in [0.3, 0.4) is 0 Å². The molecular formula is C21H22F4N6O. The highest BCUT2D eigenvalue weighted by Gasteiger charge is 2.26. The zero-order valence-electron chi connectivity index (χ0n) is 17.4. The summed E-state index contributed by atoms with van der Waals surface area (Å²) < 4.78 is 54.5. The third kappa shape index (κ3) is 4.57. The van der Waals surface area contributed by atoms with E-state index in [0.717, 1.165) is 10.4 Å². The van der Waals surface area contributed by atoms with Gasteiger partial charge in [0.25, 0.3) is 12.9 Å². The second-order valence-corrected chi connectivity index (χ2v) is 7.66. The van der Waals surface area contributed by atoms with E-state index in [-0.39, 0.29) is 29.2 Å². The number of hydrogen-bond donors (Lipinski definition) is 0. The predicted octanol–water partition coefficient (Wildman–Crippen LogP) is 3.35. The lowest BCUT2D eigenvalue weighted by Crippen LogP contribution is -2.49. The number of alkyl halides is 4. The van der Waals surface area contributed by atoms with Crippen LogP contribution in [0.5, 0.6) is 0 Å². The second kappa shape index (κ2) is 9.19. The SMILES string of the molecule is Cc1nn(CC(=O)N2CCN(Cc3ccccn3)CC2)c2nc(C(F)F)cc(C(F)F)c12. The molecule has 0 bridgehead atoms. The smallest absolute Gasteiger partial charge is 0.280 e. The molecule has 1 aliphatic heterocycles. The highest BCUT2D eigenvalue weighted by Crippen LogP contribution is 2.32. The fourth-order valence-corrected chi connectivity index (χ4v) is 3.91. The summed E-state index contributed by atoms with van der Waals surface area (Å²) in [5.74, 6) is -0.269. The minimum absolute atomic E-state index is 0.0115. The summed E-state index contributed by atoms with van der Waals surface area (Å²) in [4.78, 5) is 24.8. The van der Waals surface area contributed by atoms with E-state index in [1.54, 1.807) is 11.1 Å². The fraction of sp³-hybridized carbons (Fsp3) is 0.429. The molecule has 0 aliphatic carbocycles. The van der Waals surface area contributed by atoms with Gasteiger partial charge in [0.05, 0.1) is 16.8 Å². The molecule has 0 spiro atoms. The Morgan fingerprint density at radius 1 is 1.09 bits per heavy atom. The Morgan fingerprint density at radius 2 is 1.84 bits per heavy atom. The Bertz CT molecular complexity index is 1100. The van der Waals surface area contributed by atoms with Gasteiger partial charge in [-0.1, -0.05) is 6.07 Å². The van der Waals surface area contributed by atoms with Crippen molar-refractivity contribution in [1.82, 2.24) is 29.5 Å². The molecular weight excluding hydrogens is 428 g/mol. The lowest BCUT2D eigenvalue weighted by molar-refractivity contribution is -0.133. The molecule has 170 valence electrons. The van der Waals surface area contributed by atoms with Crippen LogP contribution in [-0.4, -0.2) is 61.6 Å². The number of aryl methyl sites for hydroxylation is 1. The molecule has 0 N–H and O–H groups in total. The van der Waals surface area contributed by atoms with Crippen molar-refractivity contribution in [2.75, 3.05) is 26.2 Å². The van der Waals surface area contributed by atoms with E-state index in [9.17, 15) is 22.4 Å². The summed E-state index contributed by atoms with van der Waals surface area (Å²) in [6, 6.07) is 6.42. The first-order chi connectivity index (χ1) is 15.3. The summed E-state index contributed by atoms with van der Waals surface area (Å²) in [6.45, 7) is 4.21. The topological polar surface area (TPSA) is 67.2 Å². The Labute approximate surface area is 181 Å². The average molecular weight is 450 g/mol. The summed E-state index contributed by atoms with van der Waals surface area (Å²) in [5.41, 5.74) is -0.273. The van der Waals surface area contributed by atoms with Crippen LogP contribution in [0.4, 0.5) is 17.6 Å². The number of rotatable bonds is 6. The number of carbonyl (C=O) groups excluding carboxylic acids is 1. The summed E-state index contributed by atoms with van der Waals surface area (Å²) in [6.07, 6.45) is -4.24. The van der Waals surface area contributed by atoms with Crippen molar-refractivity contribution >= 4 is 16.9 Å². The Morgan fingerprint density at radius 3 is 2.47 bits per heavy atom. The van der Waals surface area contributed by atoms with Crippen molar-refractivity contribution < 1.29 is 22.4 Å². The van der Waals surface area contributed by atoms with Crippen molar-refractivity contribution in [3.63, 3.8) is 0 Å². The molecule has 4 rings (SSSR count). The maximum atomic E-state index is 13.5. The molecule has 0 aromatic carbocycles. The van der Waals surface area contributed by atoms with Crippen LogP contribution in [0.25, 0.3) is 11.0 Å². The average Bonchev–Trinajstić information content (AvgIpc) is 3.09. The highest BCUT2D eigenvalue weighted by molar-refractivity contribution is 5.85. The monoisotopic (exact) mass is 450 g/mol. The molecule has 1 aliphatic rings. The fourth-order valence-electron chi connectivity index (χ4n) is 3.91. The third-order valence-corrected chi connectivity index (χ3v) is 5.51. The summed E-state index contributed by atoms with van der Waals surface area (Å²) in [7, 11) is 0. The minimum Gasteiger partial charge on any atom is -0.339 e. The van der Waals surface area contributed by atoms with Gasteiger partial charge in [-0.25, -0.2) is 27.2 Å². The van der Waals surface area contributed by atoms with Gasteiger partial charge in [0, 0.05) is 44.5 Å². The van der Waals surface area contributed by atoms with Gasteiger partial charge in [0.1, 0.15) is 12.2 Å². The number of pyridine rings is 2. The molecule has 1 amide bonds. The number of aromatic nitrogens is 4. The number of carbonyl (C=O) groups is 1.